The van der Waals surface area contributed by atoms with E-state index in [1.807, 2.05) is 79.1 Å². The van der Waals surface area contributed by atoms with E-state index < -0.39 is 0 Å². The van der Waals surface area contributed by atoms with E-state index in [-0.39, 0.29) is 11.7 Å². The molecule has 0 aliphatic carbocycles. The number of hydrogen-bond acceptors (Lipinski definition) is 6. The largest absolute Gasteiger partial charge is 0.497 e. The van der Waals surface area contributed by atoms with E-state index in [0.717, 1.165) is 37.3 Å². The summed E-state index contributed by atoms with van der Waals surface area (Å²) in [5, 5.41) is 12.4. The summed E-state index contributed by atoms with van der Waals surface area (Å²) in [6.45, 7) is 4.53. The molecule has 0 fully saturated rings. The molecule has 36 heavy (non-hydrogen) atoms. The molecule has 0 unspecified atom stereocenters. The molecule has 0 aliphatic rings. The molecule has 4 aromatic rings. The third-order valence-electron chi connectivity index (χ3n) is 5.17. The Morgan fingerprint density at radius 3 is 2.25 bits per heavy atom. The third-order valence-corrected chi connectivity index (χ3v) is 7.35. The van der Waals surface area contributed by atoms with Crippen LogP contribution in [0.25, 0.3) is 17.1 Å². The molecule has 1 amide bonds. The van der Waals surface area contributed by atoms with Gasteiger partial charge in [0.1, 0.15) is 11.5 Å². The number of anilines is 1. The van der Waals surface area contributed by atoms with Crippen LogP contribution in [0.15, 0.2) is 74.8 Å². The average molecular weight is 632 g/mol. The number of thioether (sulfide) groups is 1. The van der Waals surface area contributed by atoms with E-state index in [9.17, 15) is 4.79 Å². The Hall–Kier alpha value is -2.82. The minimum Gasteiger partial charge on any atom is -0.497 e. The fraction of sp³-hybridized carbons (Fsp3) is 0.192. The lowest BCUT2D eigenvalue weighted by Crippen LogP contribution is -2.15. The molecule has 1 heterocycles. The molecular weight excluding hydrogens is 608 g/mol. The Morgan fingerprint density at radius 1 is 1.00 bits per heavy atom. The van der Waals surface area contributed by atoms with E-state index >= 15 is 0 Å². The van der Waals surface area contributed by atoms with Gasteiger partial charge in [0.25, 0.3) is 0 Å². The lowest BCUT2D eigenvalue weighted by molar-refractivity contribution is -0.113. The van der Waals surface area contributed by atoms with Crippen molar-refractivity contribution in [3.8, 4) is 28.6 Å². The number of nitrogens with one attached hydrogen (secondary N) is 1. The molecule has 1 aromatic heterocycles. The Balaban J connectivity index is 1.61. The predicted molar refractivity (Wildman–Crippen MR) is 150 cm³/mol. The lowest BCUT2D eigenvalue weighted by atomic mass is 10.2. The van der Waals surface area contributed by atoms with Crippen molar-refractivity contribution in [1.82, 2.24) is 14.8 Å². The van der Waals surface area contributed by atoms with Crippen molar-refractivity contribution in [2.75, 3.05) is 24.8 Å². The SMILES string of the molecule is CCOc1ccc(-n2c(SCC(=O)Nc3c(Br)cc(C)cc3Br)nnc2-c2ccc(OC)cc2)cc1. The first-order chi connectivity index (χ1) is 17.4. The highest BCUT2D eigenvalue weighted by Gasteiger charge is 2.18. The number of carbonyl (C=O) groups excluding carboxylic acids is 1. The topological polar surface area (TPSA) is 78.3 Å². The van der Waals surface area contributed by atoms with E-state index in [4.69, 9.17) is 9.47 Å². The van der Waals surface area contributed by atoms with Gasteiger partial charge in [-0.2, -0.15) is 0 Å². The van der Waals surface area contributed by atoms with E-state index in [2.05, 4.69) is 47.4 Å². The smallest absolute Gasteiger partial charge is 0.234 e. The van der Waals surface area contributed by atoms with Gasteiger partial charge in [-0.1, -0.05) is 11.8 Å². The Morgan fingerprint density at radius 2 is 1.64 bits per heavy atom. The van der Waals surface area contributed by atoms with Gasteiger partial charge in [0.2, 0.25) is 5.91 Å². The van der Waals surface area contributed by atoms with Crippen LogP contribution >= 0.6 is 43.6 Å². The Labute approximate surface area is 230 Å². The first-order valence-corrected chi connectivity index (χ1v) is 13.7. The zero-order valence-electron chi connectivity index (χ0n) is 19.9. The number of carbonyl (C=O) groups is 1. The van der Waals surface area contributed by atoms with Crippen molar-refractivity contribution in [3.63, 3.8) is 0 Å². The summed E-state index contributed by atoms with van der Waals surface area (Å²) < 4.78 is 14.4. The fourth-order valence-corrected chi connectivity index (χ4v) is 5.87. The van der Waals surface area contributed by atoms with Gasteiger partial charge in [-0.05, 0) is 112 Å². The Kier molecular flexibility index (Phi) is 8.71. The lowest BCUT2D eigenvalue weighted by Gasteiger charge is -2.13. The molecule has 3 aromatic carbocycles. The molecule has 0 spiro atoms. The normalized spacial score (nSPS) is 10.8. The molecule has 0 radical (unpaired) electrons. The van der Waals surface area contributed by atoms with Gasteiger partial charge in [0, 0.05) is 20.2 Å². The standard InChI is InChI=1S/C26H24Br2N4O3S/c1-4-35-20-11-7-18(8-12-20)32-25(17-5-9-19(34-3)10-6-17)30-31-26(32)36-15-23(33)29-24-21(27)13-16(2)14-22(24)28/h5-14H,4,15H2,1-3H3,(H,29,33). The molecule has 0 saturated carbocycles. The summed E-state index contributed by atoms with van der Waals surface area (Å²) in [4.78, 5) is 12.8. The minimum atomic E-state index is -0.155. The van der Waals surface area contributed by atoms with Gasteiger partial charge in [-0.15, -0.1) is 10.2 Å². The maximum atomic E-state index is 12.8. The summed E-state index contributed by atoms with van der Waals surface area (Å²) in [7, 11) is 1.63. The van der Waals surface area contributed by atoms with Crippen molar-refractivity contribution in [2.24, 2.45) is 0 Å². The highest BCUT2D eigenvalue weighted by atomic mass is 79.9. The van der Waals surface area contributed by atoms with Gasteiger partial charge < -0.3 is 14.8 Å². The molecule has 186 valence electrons. The zero-order chi connectivity index (χ0) is 25.7. The third kappa shape index (κ3) is 6.11. The number of aryl methyl sites for hydroxylation is 1. The van der Waals surface area contributed by atoms with Crippen LogP contribution in [0.2, 0.25) is 0 Å². The van der Waals surface area contributed by atoms with Gasteiger partial charge in [0.05, 0.1) is 25.2 Å². The zero-order valence-corrected chi connectivity index (χ0v) is 23.9. The summed E-state index contributed by atoms with van der Waals surface area (Å²) in [6.07, 6.45) is 0. The number of amides is 1. The van der Waals surface area contributed by atoms with E-state index in [0.29, 0.717) is 23.3 Å². The van der Waals surface area contributed by atoms with Gasteiger partial charge >= 0.3 is 0 Å². The van der Waals surface area contributed by atoms with E-state index in [1.54, 1.807) is 7.11 Å². The summed E-state index contributed by atoms with van der Waals surface area (Å²) >= 11 is 8.36. The van der Waals surface area contributed by atoms with Gasteiger partial charge in [0.15, 0.2) is 11.0 Å². The van der Waals surface area contributed by atoms with Crippen LogP contribution in [0, 0.1) is 6.92 Å². The second kappa shape index (κ2) is 11.9. The fourth-order valence-electron chi connectivity index (χ4n) is 3.51. The number of benzene rings is 3. The van der Waals surface area contributed by atoms with Crippen molar-refractivity contribution in [1.29, 1.82) is 0 Å². The van der Waals surface area contributed by atoms with Crippen molar-refractivity contribution < 1.29 is 14.3 Å². The van der Waals surface area contributed by atoms with Crippen LogP contribution in [0.5, 0.6) is 11.5 Å². The number of ether oxygens (including phenoxy) is 2. The number of rotatable bonds is 9. The average Bonchev–Trinajstić information content (AvgIpc) is 3.29. The minimum absolute atomic E-state index is 0.155. The molecule has 1 N–H and O–H groups in total. The first-order valence-electron chi connectivity index (χ1n) is 11.1. The van der Waals surface area contributed by atoms with Crippen molar-refractivity contribution >= 4 is 55.2 Å². The number of hydrogen-bond donors (Lipinski definition) is 1. The summed E-state index contributed by atoms with van der Waals surface area (Å²) in [6, 6.07) is 19.2. The number of nitrogens with zero attached hydrogens (tertiary/aromatic N) is 3. The molecule has 10 heteroatoms. The van der Waals surface area contributed by atoms with Crippen LogP contribution < -0.4 is 14.8 Å². The maximum absolute atomic E-state index is 12.8. The molecule has 7 nitrogen and oxygen atoms in total. The second-order valence-electron chi connectivity index (χ2n) is 7.74. The quantitative estimate of drug-likeness (QED) is 0.202. The number of aromatic nitrogens is 3. The van der Waals surface area contributed by atoms with Crippen LogP contribution in [0.1, 0.15) is 12.5 Å². The molecule has 4 rings (SSSR count). The monoisotopic (exact) mass is 630 g/mol. The van der Waals surface area contributed by atoms with Crippen molar-refractivity contribution in [3.05, 3.63) is 75.2 Å². The molecule has 0 aliphatic heterocycles. The number of methoxy groups -OCH3 is 1. The van der Waals surface area contributed by atoms with Crippen LogP contribution in [0.4, 0.5) is 5.69 Å². The highest BCUT2D eigenvalue weighted by molar-refractivity contribution is 9.11. The first kappa shape index (κ1) is 26.2. The van der Waals surface area contributed by atoms with Crippen molar-refractivity contribution in [2.45, 2.75) is 19.0 Å². The molecule has 0 atom stereocenters. The van der Waals surface area contributed by atoms with E-state index in [1.165, 1.54) is 11.8 Å². The van der Waals surface area contributed by atoms with Crippen LogP contribution in [-0.2, 0) is 4.79 Å². The number of halogens is 2. The van der Waals surface area contributed by atoms with Gasteiger partial charge in [-0.3, -0.25) is 9.36 Å². The predicted octanol–water partition coefficient (Wildman–Crippen LogP) is 6.91. The molecular formula is C26H24Br2N4O3S. The second-order valence-corrected chi connectivity index (χ2v) is 10.4. The summed E-state index contributed by atoms with van der Waals surface area (Å²) in [5.74, 6) is 2.20. The maximum Gasteiger partial charge on any atom is 0.234 e. The van der Waals surface area contributed by atoms with Crippen LogP contribution in [-0.4, -0.2) is 40.1 Å². The Bertz CT molecular complexity index is 1340. The molecule has 0 bridgehead atoms. The van der Waals surface area contributed by atoms with Crippen LogP contribution in [0.3, 0.4) is 0 Å². The highest BCUT2D eigenvalue weighted by Crippen LogP contribution is 2.33. The summed E-state index contributed by atoms with van der Waals surface area (Å²) in [5.41, 5.74) is 3.51. The van der Waals surface area contributed by atoms with Gasteiger partial charge in [-0.25, -0.2) is 0 Å². The molecule has 0 saturated heterocycles.